The highest BCUT2D eigenvalue weighted by atomic mass is 16.5. The lowest BCUT2D eigenvalue weighted by atomic mass is 9.87. The molecule has 0 heterocycles. The van der Waals surface area contributed by atoms with Crippen molar-refractivity contribution in [2.75, 3.05) is 27.9 Å². The molecule has 0 aromatic carbocycles. The van der Waals surface area contributed by atoms with Crippen molar-refractivity contribution in [3.8, 4) is 0 Å². The highest BCUT2D eigenvalue weighted by molar-refractivity contribution is 5.96. The largest absolute Gasteiger partial charge is 0.468 e. The van der Waals surface area contributed by atoms with Gasteiger partial charge in [0.1, 0.15) is 12.6 Å². The number of aliphatic hydroxyl groups excluding tert-OH is 1. The van der Waals surface area contributed by atoms with E-state index in [-0.39, 0.29) is 0 Å². The van der Waals surface area contributed by atoms with E-state index in [0.717, 1.165) is 21.3 Å². The Morgan fingerprint density at radius 2 is 1.38 bits per heavy atom. The summed E-state index contributed by atoms with van der Waals surface area (Å²) in [6.45, 7) is 0.513. The predicted molar refractivity (Wildman–Crippen MR) is 67.7 cm³/mol. The second-order valence-electron chi connectivity index (χ2n) is 4.11. The summed E-state index contributed by atoms with van der Waals surface area (Å²) < 4.78 is 13.5. The lowest BCUT2D eigenvalue weighted by Crippen LogP contribution is -2.51. The number of carbonyl (C=O) groups excluding carboxylic acids is 4. The minimum atomic E-state index is -1.43. The number of esters is 3. The monoisotopic (exact) mass is 305 g/mol. The van der Waals surface area contributed by atoms with E-state index in [2.05, 4.69) is 19.5 Å². The van der Waals surface area contributed by atoms with Crippen LogP contribution in [0.25, 0.3) is 0 Å². The van der Waals surface area contributed by atoms with Crippen molar-refractivity contribution in [3.63, 3.8) is 0 Å². The molecule has 0 rings (SSSR count). The highest BCUT2D eigenvalue weighted by Crippen LogP contribution is 2.20. The van der Waals surface area contributed by atoms with Crippen molar-refractivity contribution in [1.82, 2.24) is 5.32 Å². The maximum absolute atomic E-state index is 11.7. The Morgan fingerprint density at radius 1 is 0.952 bits per heavy atom. The van der Waals surface area contributed by atoms with Crippen LogP contribution in [0.5, 0.6) is 0 Å². The average molecular weight is 305 g/mol. The lowest BCUT2D eigenvalue weighted by Gasteiger charge is -2.26. The molecule has 0 bridgehead atoms. The Hall–Kier alpha value is -2.16. The standard InChI is InChI=1S/C12H19NO8/c1-6(8(10(16)19-2)11(17)20-3)9(12(18)21-4)13-7(15)5-14/h6,8-9,14H,5H2,1-4H3,(H,13,15)/t6-,9-/m0/s1. The molecule has 0 aromatic rings. The van der Waals surface area contributed by atoms with Gasteiger partial charge in [-0.25, -0.2) is 4.79 Å². The summed E-state index contributed by atoms with van der Waals surface area (Å²) in [5, 5.41) is 10.9. The number of amides is 1. The smallest absolute Gasteiger partial charge is 0.328 e. The van der Waals surface area contributed by atoms with Gasteiger partial charge in [-0.1, -0.05) is 6.92 Å². The van der Waals surface area contributed by atoms with E-state index in [0.29, 0.717) is 0 Å². The van der Waals surface area contributed by atoms with Crippen molar-refractivity contribution in [2.24, 2.45) is 11.8 Å². The highest BCUT2D eigenvalue weighted by Gasteiger charge is 2.42. The Labute approximate surface area is 121 Å². The van der Waals surface area contributed by atoms with Crippen molar-refractivity contribution in [2.45, 2.75) is 13.0 Å². The minimum Gasteiger partial charge on any atom is -0.468 e. The van der Waals surface area contributed by atoms with Crippen LogP contribution in [0.1, 0.15) is 6.92 Å². The van der Waals surface area contributed by atoms with Gasteiger partial charge < -0.3 is 24.6 Å². The first-order valence-corrected chi connectivity index (χ1v) is 5.97. The summed E-state index contributed by atoms with van der Waals surface area (Å²) in [5.41, 5.74) is 0. The quantitative estimate of drug-likeness (QED) is 0.321. The summed E-state index contributed by atoms with van der Waals surface area (Å²) in [4.78, 5) is 46.3. The number of aliphatic hydroxyl groups is 1. The number of carbonyl (C=O) groups is 4. The van der Waals surface area contributed by atoms with Crippen molar-refractivity contribution < 1.29 is 38.5 Å². The van der Waals surface area contributed by atoms with E-state index in [9.17, 15) is 19.2 Å². The Kier molecular flexibility index (Phi) is 7.99. The van der Waals surface area contributed by atoms with Crippen LogP contribution in [-0.2, 0) is 33.4 Å². The topological polar surface area (TPSA) is 128 Å². The van der Waals surface area contributed by atoms with Crippen LogP contribution in [0.4, 0.5) is 0 Å². The molecule has 0 aliphatic carbocycles. The number of methoxy groups -OCH3 is 3. The van der Waals surface area contributed by atoms with Crippen LogP contribution >= 0.6 is 0 Å². The molecule has 120 valence electrons. The number of ether oxygens (including phenoxy) is 3. The normalized spacial score (nSPS) is 13.0. The average Bonchev–Trinajstić information content (AvgIpc) is 2.50. The number of hydrogen-bond acceptors (Lipinski definition) is 8. The predicted octanol–water partition coefficient (Wildman–Crippen LogP) is -1.77. The van der Waals surface area contributed by atoms with Gasteiger partial charge in [0.2, 0.25) is 5.91 Å². The summed E-state index contributed by atoms with van der Waals surface area (Å²) in [6, 6.07) is -1.32. The molecule has 2 N–H and O–H groups in total. The zero-order chi connectivity index (χ0) is 16.6. The molecule has 1 amide bonds. The van der Waals surface area contributed by atoms with Crippen LogP contribution in [0.2, 0.25) is 0 Å². The molecule has 0 aromatic heterocycles. The fourth-order valence-electron chi connectivity index (χ4n) is 1.72. The summed E-state index contributed by atoms with van der Waals surface area (Å²) in [5.74, 6) is -5.99. The molecule has 0 aliphatic rings. The van der Waals surface area contributed by atoms with Crippen LogP contribution in [0.3, 0.4) is 0 Å². The first-order chi connectivity index (χ1) is 9.83. The van der Waals surface area contributed by atoms with Crippen LogP contribution < -0.4 is 5.32 Å². The first kappa shape index (κ1) is 18.8. The molecule has 0 radical (unpaired) electrons. The van der Waals surface area contributed by atoms with E-state index in [1.54, 1.807) is 0 Å². The maximum Gasteiger partial charge on any atom is 0.328 e. The van der Waals surface area contributed by atoms with E-state index >= 15 is 0 Å². The molecule has 0 saturated carbocycles. The van der Waals surface area contributed by atoms with Gasteiger partial charge in [0.05, 0.1) is 21.3 Å². The SMILES string of the molecule is COC(=O)C(C(=O)OC)[C@H](C)[C@H](NC(=O)CO)C(=O)OC. The third-order valence-electron chi connectivity index (χ3n) is 2.88. The van der Waals surface area contributed by atoms with Gasteiger partial charge in [0.25, 0.3) is 0 Å². The van der Waals surface area contributed by atoms with Gasteiger partial charge in [-0.2, -0.15) is 0 Å². The molecular weight excluding hydrogens is 286 g/mol. The summed E-state index contributed by atoms with van der Waals surface area (Å²) >= 11 is 0. The van der Waals surface area contributed by atoms with Crippen molar-refractivity contribution >= 4 is 23.8 Å². The fraction of sp³-hybridized carbons (Fsp3) is 0.667. The van der Waals surface area contributed by atoms with Crippen molar-refractivity contribution in [3.05, 3.63) is 0 Å². The van der Waals surface area contributed by atoms with Crippen LogP contribution in [0.15, 0.2) is 0 Å². The van der Waals surface area contributed by atoms with E-state index in [1.807, 2.05) is 0 Å². The Bertz CT molecular complexity index is 392. The summed E-state index contributed by atoms with van der Waals surface area (Å²) in [6.07, 6.45) is 0. The van der Waals surface area contributed by atoms with Gasteiger partial charge >= 0.3 is 17.9 Å². The maximum atomic E-state index is 11.7. The van der Waals surface area contributed by atoms with Crippen LogP contribution in [-0.4, -0.2) is 62.9 Å². The number of rotatable bonds is 7. The molecule has 0 fully saturated rings. The third kappa shape index (κ3) is 5.03. The molecule has 2 atom stereocenters. The zero-order valence-electron chi connectivity index (χ0n) is 12.2. The Balaban J connectivity index is 5.41. The van der Waals surface area contributed by atoms with Crippen LogP contribution in [0, 0.1) is 11.8 Å². The molecule has 0 spiro atoms. The molecule has 0 aliphatic heterocycles. The molecular formula is C12H19NO8. The van der Waals surface area contributed by atoms with Gasteiger partial charge in [0.15, 0.2) is 5.92 Å². The first-order valence-electron chi connectivity index (χ1n) is 5.97. The molecule has 9 nitrogen and oxygen atoms in total. The van der Waals surface area contributed by atoms with Gasteiger partial charge in [-0.3, -0.25) is 14.4 Å². The van der Waals surface area contributed by atoms with Crippen molar-refractivity contribution in [1.29, 1.82) is 0 Å². The molecule has 0 unspecified atom stereocenters. The van der Waals surface area contributed by atoms with E-state index in [1.165, 1.54) is 6.92 Å². The van der Waals surface area contributed by atoms with Gasteiger partial charge in [-0.15, -0.1) is 0 Å². The number of hydrogen-bond donors (Lipinski definition) is 2. The zero-order valence-corrected chi connectivity index (χ0v) is 12.2. The number of nitrogens with one attached hydrogen (secondary N) is 1. The third-order valence-corrected chi connectivity index (χ3v) is 2.88. The fourth-order valence-corrected chi connectivity index (χ4v) is 1.72. The second kappa shape index (κ2) is 8.90. The second-order valence-corrected chi connectivity index (χ2v) is 4.11. The lowest BCUT2D eigenvalue weighted by molar-refractivity contribution is -0.163. The van der Waals surface area contributed by atoms with E-state index in [4.69, 9.17) is 5.11 Å². The van der Waals surface area contributed by atoms with Gasteiger partial charge in [-0.05, 0) is 0 Å². The summed E-state index contributed by atoms with van der Waals surface area (Å²) in [7, 11) is 3.23. The molecule has 21 heavy (non-hydrogen) atoms. The van der Waals surface area contributed by atoms with Gasteiger partial charge in [0, 0.05) is 5.92 Å². The Morgan fingerprint density at radius 3 is 1.71 bits per heavy atom. The molecule has 0 saturated heterocycles. The van der Waals surface area contributed by atoms with E-state index < -0.39 is 48.3 Å². The molecule has 9 heteroatoms. The minimum absolute atomic E-state index is 0.856.